The first kappa shape index (κ1) is 18.9. The molecule has 0 aliphatic carbocycles. The van der Waals surface area contributed by atoms with Gasteiger partial charge < -0.3 is 13.8 Å². The maximum Gasteiger partial charge on any atom is 0.232 e. The average molecular weight is 393 g/mol. The molecule has 1 aromatic carbocycles. The predicted molar refractivity (Wildman–Crippen MR) is 106 cm³/mol. The summed E-state index contributed by atoms with van der Waals surface area (Å²) >= 11 is 0. The number of hydrogen-bond donors (Lipinski definition) is 0. The zero-order valence-electron chi connectivity index (χ0n) is 17.1. The minimum Gasteiger partial charge on any atom is -0.495 e. The lowest BCUT2D eigenvalue weighted by molar-refractivity contribution is 0.317. The van der Waals surface area contributed by atoms with E-state index in [1.54, 1.807) is 18.1 Å². The van der Waals surface area contributed by atoms with Gasteiger partial charge in [0.2, 0.25) is 5.89 Å². The van der Waals surface area contributed by atoms with Crippen LogP contribution in [0.1, 0.15) is 38.2 Å². The van der Waals surface area contributed by atoms with Gasteiger partial charge in [-0.1, -0.05) is 37.2 Å². The van der Waals surface area contributed by atoms with E-state index in [1.807, 2.05) is 62.9 Å². The maximum absolute atomic E-state index is 5.57. The van der Waals surface area contributed by atoms with E-state index < -0.39 is 0 Å². The highest BCUT2D eigenvalue weighted by Gasteiger charge is 2.22. The molecular weight excluding hydrogens is 370 g/mol. The van der Waals surface area contributed by atoms with Crippen LogP contribution >= 0.6 is 0 Å². The van der Waals surface area contributed by atoms with Crippen LogP contribution in [0.4, 0.5) is 0 Å². The Balaban J connectivity index is 1.57. The van der Waals surface area contributed by atoms with Crippen LogP contribution in [0.25, 0.3) is 16.9 Å². The van der Waals surface area contributed by atoms with Crippen molar-refractivity contribution in [2.45, 2.75) is 39.7 Å². The van der Waals surface area contributed by atoms with Crippen molar-refractivity contribution in [3.8, 4) is 22.7 Å². The van der Waals surface area contributed by atoms with Gasteiger partial charge in [0.15, 0.2) is 5.82 Å². The van der Waals surface area contributed by atoms with Crippen molar-refractivity contribution in [3.63, 3.8) is 0 Å². The van der Waals surface area contributed by atoms with E-state index in [0.29, 0.717) is 18.3 Å². The van der Waals surface area contributed by atoms with Crippen LogP contribution in [0.3, 0.4) is 0 Å². The van der Waals surface area contributed by atoms with Crippen LogP contribution < -0.4 is 4.74 Å². The van der Waals surface area contributed by atoms with Gasteiger partial charge in [-0.25, -0.2) is 9.67 Å². The van der Waals surface area contributed by atoms with Crippen molar-refractivity contribution in [2.24, 2.45) is 0 Å². The highest BCUT2D eigenvalue weighted by Crippen LogP contribution is 2.29. The van der Waals surface area contributed by atoms with Crippen molar-refractivity contribution in [1.29, 1.82) is 0 Å². The normalized spacial score (nSPS) is 11.8. The number of aryl methyl sites for hydroxylation is 1. The second-order valence-corrected chi connectivity index (χ2v) is 7.88. The smallest absolute Gasteiger partial charge is 0.232 e. The lowest BCUT2D eigenvalue weighted by Gasteiger charge is -2.10. The van der Waals surface area contributed by atoms with Gasteiger partial charge in [-0.3, -0.25) is 0 Å². The average Bonchev–Trinajstić information content (AvgIpc) is 3.42. The van der Waals surface area contributed by atoms with E-state index in [1.165, 1.54) is 0 Å². The molecule has 3 aromatic heterocycles. The van der Waals surface area contributed by atoms with Crippen molar-refractivity contribution >= 4 is 0 Å². The summed E-state index contributed by atoms with van der Waals surface area (Å²) in [5.74, 6) is 1.89. The molecule has 0 saturated carbocycles. The Morgan fingerprint density at radius 1 is 1.17 bits per heavy atom. The monoisotopic (exact) mass is 393 g/mol. The van der Waals surface area contributed by atoms with Crippen molar-refractivity contribution in [3.05, 3.63) is 54.3 Å². The van der Waals surface area contributed by atoms with Gasteiger partial charge in [-0.15, -0.1) is 5.10 Å². The standard InChI is InChI=1S/C20H23N7O2/c1-13-9-26(12-21-13)16-7-6-14(8-17(16)28-5)15-10-27(25-23-15)11-18-22-19(29-24-18)20(2,3)4/h6-10,12H,11H2,1-5H3. The van der Waals surface area contributed by atoms with Gasteiger partial charge in [-0.2, -0.15) is 4.98 Å². The van der Waals surface area contributed by atoms with Crippen LogP contribution in [0, 0.1) is 6.92 Å². The summed E-state index contributed by atoms with van der Waals surface area (Å²) in [7, 11) is 1.65. The van der Waals surface area contributed by atoms with Crippen molar-refractivity contribution in [1.82, 2.24) is 34.7 Å². The Labute approximate surface area is 168 Å². The molecule has 0 bridgehead atoms. The van der Waals surface area contributed by atoms with Crippen LogP contribution in [0.5, 0.6) is 5.75 Å². The Kier molecular flexibility index (Phi) is 4.65. The minimum atomic E-state index is -0.190. The van der Waals surface area contributed by atoms with E-state index in [-0.39, 0.29) is 5.41 Å². The number of benzene rings is 1. The largest absolute Gasteiger partial charge is 0.495 e. The van der Waals surface area contributed by atoms with Crippen LogP contribution in [0.15, 0.2) is 41.4 Å². The highest BCUT2D eigenvalue weighted by atomic mass is 16.5. The van der Waals surface area contributed by atoms with Crippen LogP contribution in [0.2, 0.25) is 0 Å². The molecular formula is C20H23N7O2. The summed E-state index contributed by atoms with van der Waals surface area (Å²) in [4.78, 5) is 8.71. The Morgan fingerprint density at radius 3 is 2.66 bits per heavy atom. The molecule has 0 atom stereocenters. The summed E-state index contributed by atoms with van der Waals surface area (Å²) in [6.45, 7) is 8.42. The fourth-order valence-corrected chi connectivity index (χ4v) is 2.88. The molecule has 0 aliphatic rings. The van der Waals surface area contributed by atoms with E-state index in [2.05, 4.69) is 25.4 Å². The third-order valence-corrected chi connectivity index (χ3v) is 4.42. The fraction of sp³-hybridized carbons (Fsp3) is 0.350. The summed E-state index contributed by atoms with van der Waals surface area (Å²) < 4.78 is 14.5. The second-order valence-electron chi connectivity index (χ2n) is 7.88. The van der Waals surface area contributed by atoms with Gasteiger partial charge in [-0.05, 0) is 19.1 Å². The molecule has 0 radical (unpaired) electrons. The first-order valence-electron chi connectivity index (χ1n) is 9.26. The number of ether oxygens (including phenoxy) is 1. The summed E-state index contributed by atoms with van der Waals surface area (Å²) in [5.41, 5.74) is 3.29. The predicted octanol–water partition coefficient (Wildman–Crippen LogP) is 3.18. The summed E-state index contributed by atoms with van der Waals surface area (Å²) in [6.07, 6.45) is 5.56. The van der Waals surface area contributed by atoms with Gasteiger partial charge in [0.05, 0.1) is 31.0 Å². The molecule has 9 nitrogen and oxygen atoms in total. The fourth-order valence-electron chi connectivity index (χ4n) is 2.88. The summed E-state index contributed by atoms with van der Waals surface area (Å²) in [6, 6.07) is 5.89. The molecule has 4 rings (SSSR count). The van der Waals surface area contributed by atoms with Gasteiger partial charge in [0.1, 0.15) is 18.0 Å². The van der Waals surface area contributed by atoms with E-state index in [9.17, 15) is 0 Å². The lowest BCUT2D eigenvalue weighted by Crippen LogP contribution is -2.12. The minimum absolute atomic E-state index is 0.190. The lowest BCUT2D eigenvalue weighted by atomic mass is 9.97. The summed E-state index contributed by atoms with van der Waals surface area (Å²) in [5, 5.41) is 12.5. The molecule has 0 saturated heterocycles. The van der Waals surface area contributed by atoms with Gasteiger partial charge in [0, 0.05) is 17.2 Å². The molecule has 0 spiro atoms. The SMILES string of the molecule is COc1cc(-c2cn(Cc3noc(C(C)(C)C)n3)nn2)ccc1-n1cnc(C)c1. The number of imidazole rings is 1. The molecule has 9 heteroatoms. The quantitative estimate of drug-likeness (QED) is 0.514. The topological polar surface area (TPSA) is 96.7 Å². The second kappa shape index (κ2) is 7.16. The van der Waals surface area contributed by atoms with Crippen molar-refractivity contribution < 1.29 is 9.26 Å². The van der Waals surface area contributed by atoms with Crippen LogP contribution in [-0.2, 0) is 12.0 Å². The number of nitrogens with zero attached hydrogens (tertiary/aromatic N) is 7. The third kappa shape index (κ3) is 3.89. The van der Waals surface area contributed by atoms with Crippen LogP contribution in [-0.4, -0.2) is 41.8 Å². The molecule has 3 heterocycles. The molecule has 29 heavy (non-hydrogen) atoms. The number of rotatable bonds is 5. The zero-order chi connectivity index (χ0) is 20.6. The molecule has 150 valence electrons. The first-order valence-corrected chi connectivity index (χ1v) is 9.26. The molecule has 4 aromatic rings. The molecule has 0 amide bonds. The first-order chi connectivity index (χ1) is 13.8. The number of hydrogen-bond acceptors (Lipinski definition) is 7. The van der Waals surface area contributed by atoms with Gasteiger partial charge in [0.25, 0.3) is 0 Å². The van der Waals surface area contributed by atoms with Gasteiger partial charge >= 0.3 is 0 Å². The number of aromatic nitrogens is 7. The Hall–Kier alpha value is -3.49. The molecule has 0 N–H and O–H groups in total. The van der Waals surface area contributed by atoms with Crippen molar-refractivity contribution in [2.75, 3.05) is 7.11 Å². The molecule has 0 unspecified atom stereocenters. The molecule has 0 fully saturated rings. The zero-order valence-corrected chi connectivity index (χ0v) is 17.1. The maximum atomic E-state index is 5.57. The van der Waals surface area contributed by atoms with E-state index >= 15 is 0 Å². The Morgan fingerprint density at radius 2 is 2.00 bits per heavy atom. The highest BCUT2D eigenvalue weighted by molar-refractivity contribution is 5.64. The third-order valence-electron chi connectivity index (χ3n) is 4.42. The van der Waals surface area contributed by atoms with E-state index in [4.69, 9.17) is 9.26 Å². The van der Waals surface area contributed by atoms with E-state index in [0.717, 1.165) is 28.4 Å². The number of methoxy groups -OCH3 is 1. The molecule has 0 aliphatic heterocycles. The Bertz CT molecular complexity index is 1130.